The summed E-state index contributed by atoms with van der Waals surface area (Å²) in [5, 5.41) is 0. The zero-order chi connectivity index (χ0) is 14.8. The van der Waals surface area contributed by atoms with Gasteiger partial charge < -0.3 is 9.64 Å². The lowest BCUT2D eigenvalue weighted by atomic mass is 10.2. The fourth-order valence-corrected chi connectivity index (χ4v) is 3.59. The number of ether oxygens (including phenoxy) is 1. The maximum absolute atomic E-state index is 12.7. The first-order chi connectivity index (χ1) is 10.2. The van der Waals surface area contributed by atoms with Crippen LogP contribution in [0.1, 0.15) is 28.1 Å². The summed E-state index contributed by atoms with van der Waals surface area (Å²) in [4.78, 5) is 15.4. The number of halogens is 1. The molecule has 5 heteroatoms. The second kappa shape index (κ2) is 6.20. The fourth-order valence-electron chi connectivity index (χ4n) is 2.25. The highest BCUT2D eigenvalue weighted by molar-refractivity contribution is 9.11. The Morgan fingerprint density at radius 3 is 2.52 bits per heavy atom. The van der Waals surface area contributed by atoms with Gasteiger partial charge in [0.2, 0.25) is 0 Å². The Morgan fingerprint density at radius 2 is 2.00 bits per heavy atom. The molecular weight excluding hydrogens is 350 g/mol. The first-order valence-corrected chi connectivity index (χ1v) is 8.47. The lowest BCUT2D eigenvalue weighted by molar-refractivity contribution is 0.0735. The summed E-state index contributed by atoms with van der Waals surface area (Å²) < 4.78 is 6.16. The molecule has 1 aliphatic carbocycles. The van der Waals surface area contributed by atoms with Gasteiger partial charge in [-0.1, -0.05) is 12.1 Å². The van der Waals surface area contributed by atoms with Crippen molar-refractivity contribution in [3.8, 4) is 5.75 Å². The Hall–Kier alpha value is -1.33. The minimum absolute atomic E-state index is 0.129. The number of amides is 1. The van der Waals surface area contributed by atoms with Crippen molar-refractivity contribution in [1.82, 2.24) is 4.90 Å². The first-order valence-electron chi connectivity index (χ1n) is 6.86. The molecule has 0 N–H and O–H groups in total. The van der Waals surface area contributed by atoms with E-state index in [2.05, 4.69) is 15.9 Å². The van der Waals surface area contributed by atoms with Crippen molar-refractivity contribution in [2.24, 2.45) is 0 Å². The molecule has 3 nitrogen and oxygen atoms in total. The number of benzene rings is 1. The third-order valence-corrected chi connectivity index (χ3v) is 5.16. The normalized spacial score (nSPS) is 14.0. The highest BCUT2D eigenvalue weighted by Crippen LogP contribution is 2.32. The van der Waals surface area contributed by atoms with Gasteiger partial charge in [0.25, 0.3) is 5.91 Å². The Bertz CT molecular complexity index is 634. The maximum atomic E-state index is 12.7. The van der Waals surface area contributed by atoms with Crippen molar-refractivity contribution in [2.45, 2.75) is 25.4 Å². The standard InChI is InChI=1S/C16H16BrNO2S/c1-20-13-6-2-11(3-7-13)10-18(12-4-5-12)16(19)14-8-9-15(17)21-14/h2-3,6-9,12H,4-5,10H2,1H3. The van der Waals surface area contributed by atoms with Gasteiger partial charge in [0.1, 0.15) is 5.75 Å². The zero-order valence-corrected chi connectivity index (χ0v) is 14.1. The van der Waals surface area contributed by atoms with E-state index in [4.69, 9.17) is 4.74 Å². The number of hydrogen-bond donors (Lipinski definition) is 0. The number of methoxy groups -OCH3 is 1. The average molecular weight is 366 g/mol. The van der Waals surface area contributed by atoms with Crippen LogP contribution in [-0.2, 0) is 6.54 Å². The minimum Gasteiger partial charge on any atom is -0.497 e. The van der Waals surface area contributed by atoms with Gasteiger partial charge in [-0.15, -0.1) is 11.3 Å². The summed E-state index contributed by atoms with van der Waals surface area (Å²) in [6.07, 6.45) is 2.21. The Morgan fingerprint density at radius 1 is 1.29 bits per heavy atom. The number of hydrogen-bond acceptors (Lipinski definition) is 3. The van der Waals surface area contributed by atoms with Crippen molar-refractivity contribution >= 4 is 33.2 Å². The molecule has 0 radical (unpaired) electrons. The molecular formula is C16H16BrNO2S. The van der Waals surface area contributed by atoms with Crippen LogP contribution in [0.15, 0.2) is 40.2 Å². The summed E-state index contributed by atoms with van der Waals surface area (Å²) >= 11 is 4.91. The van der Waals surface area contributed by atoms with Gasteiger partial charge in [-0.05, 0) is 58.6 Å². The summed E-state index contributed by atoms with van der Waals surface area (Å²) in [5.41, 5.74) is 1.13. The molecule has 21 heavy (non-hydrogen) atoms. The largest absolute Gasteiger partial charge is 0.497 e. The van der Waals surface area contributed by atoms with E-state index in [0.29, 0.717) is 12.6 Å². The van der Waals surface area contributed by atoms with E-state index in [1.807, 2.05) is 41.3 Å². The Labute approximate surface area is 136 Å². The van der Waals surface area contributed by atoms with Crippen LogP contribution in [0.3, 0.4) is 0 Å². The van der Waals surface area contributed by atoms with E-state index in [1.54, 1.807) is 7.11 Å². The summed E-state index contributed by atoms with van der Waals surface area (Å²) in [6, 6.07) is 12.1. The Balaban J connectivity index is 1.76. The van der Waals surface area contributed by atoms with Crippen molar-refractivity contribution in [3.05, 3.63) is 50.6 Å². The number of carbonyl (C=O) groups excluding carboxylic acids is 1. The van der Waals surface area contributed by atoms with E-state index in [1.165, 1.54) is 11.3 Å². The zero-order valence-electron chi connectivity index (χ0n) is 11.7. The monoisotopic (exact) mass is 365 g/mol. The molecule has 1 aliphatic rings. The predicted molar refractivity (Wildman–Crippen MR) is 87.9 cm³/mol. The molecule has 1 saturated carbocycles. The maximum Gasteiger partial charge on any atom is 0.264 e. The van der Waals surface area contributed by atoms with Crippen LogP contribution in [0, 0.1) is 0 Å². The van der Waals surface area contributed by atoms with Crippen molar-refractivity contribution in [1.29, 1.82) is 0 Å². The van der Waals surface area contributed by atoms with E-state index < -0.39 is 0 Å². The van der Waals surface area contributed by atoms with Gasteiger partial charge in [-0.3, -0.25) is 4.79 Å². The SMILES string of the molecule is COc1ccc(CN(C(=O)c2ccc(Br)s2)C2CC2)cc1. The molecule has 0 unspecified atom stereocenters. The smallest absolute Gasteiger partial charge is 0.264 e. The molecule has 2 aromatic rings. The molecule has 0 atom stereocenters. The quantitative estimate of drug-likeness (QED) is 0.789. The number of thiophene rings is 1. The van der Waals surface area contributed by atoms with E-state index in [9.17, 15) is 4.79 Å². The van der Waals surface area contributed by atoms with Crippen LogP contribution in [0.2, 0.25) is 0 Å². The number of nitrogens with zero attached hydrogens (tertiary/aromatic N) is 1. The highest BCUT2D eigenvalue weighted by atomic mass is 79.9. The van der Waals surface area contributed by atoms with Crippen LogP contribution >= 0.6 is 27.3 Å². The third kappa shape index (κ3) is 3.47. The van der Waals surface area contributed by atoms with Gasteiger partial charge in [0, 0.05) is 12.6 Å². The van der Waals surface area contributed by atoms with Gasteiger partial charge in [-0.2, -0.15) is 0 Å². The lowest BCUT2D eigenvalue weighted by Crippen LogP contribution is -2.32. The second-order valence-corrected chi connectivity index (χ2v) is 7.58. The number of carbonyl (C=O) groups is 1. The third-order valence-electron chi connectivity index (χ3n) is 3.54. The average Bonchev–Trinajstić information content (AvgIpc) is 3.26. The van der Waals surface area contributed by atoms with Crippen LogP contribution in [-0.4, -0.2) is 24.0 Å². The molecule has 0 aliphatic heterocycles. The highest BCUT2D eigenvalue weighted by Gasteiger charge is 2.33. The van der Waals surface area contributed by atoms with E-state index >= 15 is 0 Å². The molecule has 0 bridgehead atoms. The molecule has 3 rings (SSSR count). The van der Waals surface area contributed by atoms with Crippen LogP contribution in [0.4, 0.5) is 0 Å². The summed E-state index contributed by atoms with van der Waals surface area (Å²) in [5.74, 6) is 0.967. The molecule has 1 aromatic carbocycles. The number of rotatable bonds is 5. The first kappa shape index (κ1) is 14.6. The van der Waals surface area contributed by atoms with Crippen molar-refractivity contribution in [2.75, 3.05) is 7.11 Å². The summed E-state index contributed by atoms with van der Waals surface area (Å²) in [7, 11) is 1.66. The fraction of sp³-hybridized carbons (Fsp3) is 0.312. The second-order valence-electron chi connectivity index (χ2n) is 5.12. The van der Waals surface area contributed by atoms with Crippen molar-refractivity contribution in [3.63, 3.8) is 0 Å². The minimum atomic E-state index is 0.129. The van der Waals surface area contributed by atoms with Gasteiger partial charge in [0.15, 0.2) is 0 Å². The molecule has 1 fully saturated rings. The van der Waals surface area contributed by atoms with Gasteiger partial charge >= 0.3 is 0 Å². The molecule has 1 amide bonds. The molecule has 1 heterocycles. The van der Waals surface area contributed by atoms with Gasteiger partial charge in [-0.25, -0.2) is 0 Å². The predicted octanol–water partition coefficient (Wildman–Crippen LogP) is 4.32. The van der Waals surface area contributed by atoms with Crippen LogP contribution < -0.4 is 4.74 Å². The van der Waals surface area contributed by atoms with Gasteiger partial charge in [0.05, 0.1) is 15.8 Å². The van der Waals surface area contributed by atoms with Crippen molar-refractivity contribution < 1.29 is 9.53 Å². The topological polar surface area (TPSA) is 29.5 Å². The van der Waals surface area contributed by atoms with Crippen LogP contribution in [0.5, 0.6) is 5.75 Å². The summed E-state index contributed by atoms with van der Waals surface area (Å²) in [6.45, 7) is 0.656. The Kier molecular flexibility index (Phi) is 4.31. The molecule has 1 aromatic heterocycles. The van der Waals surface area contributed by atoms with E-state index in [-0.39, 0.29) is 5.91 Å². The molecule has 110 valence electrons. The molecule has 0 saturated heterocycles. The van der Waals surface area contributed by atoms with E-state index in [0.717, 1.165) is 32.8 Å². The molecule has 0 spiro atoms. The lowest BCUT2D eigenvalue weighted by Gasteiger charge is -2.22. The van der Waals surface area contributed by atoms with Crippen LogP contribution in [0.25, 0.3) is 0 Å².